The van der Waals surface area contributed by atoms with Gasteiger partial charge < -0.3 is 20.7 Å². The Kier molecular flexibility index (Phi) is 10.5. The van der Waals surface area contributed by atoms with Crippen molar-refractivity contribution in [1.82, 2.24) is 15.3 Å². The van der Waals surface area contributed by atoms with Crippen LogP contribution in [0.4, 0.5) is 14.5 Å². The third-order valence-electron chi connectivity index (χ3n) is 6.80. The van der Waals surface area contributed by atoms with E-state index >= 15 is 0 Å². The Morgan fingerprint density at radius 2 is 1.71 bits per heavy atom. The number of amides is 1. The van der Waals surface area contributed by atoms with Crippen LogP contribution in [-0.4, -0.2) is 51.5 Å². The fraction of sp³-hybridized carbons (Fsp3) is 0.258. The van der Waals surface area contributed by atoms with Crippen LogP contribution in [0.25, 0.3) is 0 Å². The smallest absolute Gasteiger partial charge is 0.326 e. The first-order chi connectivity index (χ1) is 19.8. The van der Waals surface area contributed by atoms with Crippen molar-refractivity contribution in [3.05, 3.63) is 119 Å². The number of H-pyrrole nitrogens is 1. The van der Waals surface area contributed by atoms with Crippen LogP contribution in [0.3, 0.4) is 0 Å². The van der Waals surface area contributed by atoms with E-state index < -0.39 is 17.9 Å². The van der Waals surface area contributed by atoms with Crippen molar-refractivity contribution in [1.29, 1.82) is 0 Å². The fourth-order valence-electron chi connectivity index (χ4n) is 4.53. The number of anilines is 1. The number of nitrogens with zero attached hydrogens (tertiary/aromatic N) is 1. The van der Waals surface area contributed by atoms with Crippen LogP contribution in [0, 0.1) is 11.6 Å². The quantitative estimate of drug-likeness (QED) is 0.154. The van der Waals surface area contributed by atoms with Gasteiger partial charge in [0.25, 0.3) is 5.91 Å². The van der Waals surface area contributed by atoms with Gasteiger partial charge >= 0.3 is 5.97 Å². The molecular formula is C31H32F2N4O3S. The second-order valence-corrected chi connectivity index (χ2v) is 10.6. The summed E-state index contributed by atoms with van der Waals surface area (Å²) >= 11 is 1.51. The van der Waals surface area contributed by atoms with Gasteiger partial charge in [-0.05, 0) is 84.4 Å². The minimum Gasteiger partial charge on any atom is -0.480 e. The molecule has 4 N–H and O–H groups in total. The molecule has 214 valence electrons. The number of imidazole rings is 1. The molecule has 3 aromatic carbocycles. The first-order valence-electron chi connectivity index (χ1n) is 13.2. The topological polar surface area (TPSA) is 107 Å². The Bertz CT molecular complexity index is 1430. The molecule has 0 radical (unpaired) electrons. The maximum Gasteiger partial charge on any atom is 0.326 e. The van der Waals surface area contributed by atoms with E-state index in [9.17, 15) is 23.5 Å². The summed E-state index contributed by atoms with van der Waals surface area (Å²) in [4.78, 5) is 32.7. The van der Waals surface area contributed by atoms with Crippen LogP contribution in [-0.2, 0) is 17.6 Å². The van der Waals surface area contributed by atoms with Crippen LogP contribution in [0.15, 0.2) is 79.1 Å². The average molecular weight is 579 g/mol. The van der Waals surface area contributed by atoms with Crippen molar-refractivity contribution in [3.8, 4) is 0 Å². The molecule has 10 heteroatoms. The molecule has 0 saturated carbocycles. The number of aryl methyl sites for hydroxylation is 2. The molecule has 0 bridgehead atoms. The van der Waals surface area contributed by atoms with Crippen molar-refractivity contribution in [2.75, 3.05) is 23.9 Å². The molecule has 0 saturated heterocycles. The number of thioether (sulfide) groups is 1. The van der Waals surface area contributed by atoms with Gasteiger partial charge in [-0.1, -0.05) is 30.3 Å². The highest BCUT2D eigenvalue weighted by atomic mass is 32.2. The summed E-state index contributed by atoms with van der Waals surface area (Å²) in [7, 11) is 0. The molecule has 0 fully saturated rings. The lowest BCUT2D eigenvalue weighted by atomic mass is 9.96. The number of aromatic amines is 1. The third-order valence-corrected chi connectivity index (χ3v) is 7.44. The highest BCUT2D eigenvalue weighted by Crippen LogP contribution is 2.25. The van der Waals surface area contributed by atoms with Crippen molar-refractivity contribution in [2.45, 2.75) is 31.2 Å². The summed E-state index contributed by atoms with van der Waals surface area (Å²) in [6, 6.07) is 16.8. The van der Waals surface area contributed by atoms with Crippen molar-refractivity contribution >= 4 is 29.3 Å². The number of hydrogen-bond donors (Lipinski definition) is 4. The molecule has 2 atom stereocenters. The number of rotatable bonds is 14. The maximum absolute atomic E-state index is 13.6. The molecule has 0 aliphatic heterocycles. The van der Waals surface area contributed by atoms with E-state index in [0.29, 0.717) is 48.6 Å². The molecule has 1 aromatic heterocycles. The lowest BCUT2D eigenvalue weighted by Crippen LogP contribution is -2.41. The summed E-state index contributed by atoms with van der Waals surface area (Å²) in [5.41, 5.74) is 3.55. The number of aromatic nitrogens is 2. The number of carboxylic acids is 1. The molecule has 0 aliphatic rings. The van der Waals surface area contributed by atoms with Crippen LogP contribution in [0.2, 0.25) is 0 Å². The highest BCUT2D eigenvalue weighted by Gasteiger charge is 2.23. The largest absolute Gasteiger partial charge is 0.480 e. The van der Waals surface area contributed by atoms with E-state index in [2.05, 4.69) is 20.6 Å². The second kappa shape index (κ2) is 14.5. The van der Waals surface area contributed by atoms with Crippen LogP contribution in [0.5, 0.6) is 0 Å². The normalized spacial score (nSPS) is 12.5. The van der Waals surface area contributed by atoms with Gasteiger partial charge in [-0.2, -0.15) is 11.8 Å². The van der Waals surface area contributed by atoms with Crippen LogP contribution in [0.1, 0.15) is 45.2 Å². The zero-order chi connectivity index (χ0) is 29.2. The minimum absolute atomic E-state index is 0.219. The number of nitrogens with one attached hydrogen (secondary N) is 3. The number of halogens is 2. The van der Waals surface area contributed by atoms with E-state index in [-0.39, 0.29) is 17.6 Å². The number of carbonyl (C=O) groups excluding carboxylic acids is 1. The molecule has 7 nitrogen and oxygen atoms in total. The molecule has 1 unspecified atom stereocenters. The predicted octanol–water partition coefficient (Wildman–Crippen LogP) is 5.65. The monoisotopic (exact) mass is 578 g/mol. The first-order valence-corrected chi connectivity index (χ1v) is 14.6. The summed E-state index contributed by atoms with van der Waals surface area (Å²) in [6.07, 6.45) is 6.63. The maximum atomic E-state index is 13.6. The van der Waals surface area contributed by atoms with E-state index in [0.717, 1.165) is 16.7 Å². The Balaban J connectivity index is 1.58. The van der Waals surface area contributed by atoms with Crippen LogP contribution < -0.4 is 10.6 Å². The number of carboxylic acid groups (broad SMARTS) is 1. The summed E-state index contributed by atoms with van der Waals surface area (Å²) in [5.74, 6) is -1.13. The summed E-state index contributed by atoms with van der Waals surface area (Å²) in [6.45, 7) is 0.403. The van der Waals surface area contributed by atoms with Gasteiger partial charge in [0.2, 0.25) is 0 Å². The Hall–Kier alpha value is -4.18. The summed E-state index contributed by atoms with van der Waals surface area (Å²) < 4.78 is 26.9. The van der Waals surface area contributed by atoms with Gasteiger partial charge in [0.05, 0.1) is 5.92 Å². The number of aliphatic carboxylic acids is 1. The van der Waals surface area contributed by atoms with E-state index in [1.807, 2.05) is 18.4 Å². The predicted molar refractivity (Wildman–Crippen MR) is 157 cm³/mol. The van der Waals surface area contributed by atoms with Gasteiger partial charge in [0.1, 0.15) is 23.5 Å². The first kappa shape index (κ1) is 29.8. The molecule has 41 heavy (non-hydrogen) atoms. The molecule has 1 heterocycles. The Labute approximate surface area is 241 Å². The zero-order valence-corrected chi connectivity index (χ0v) is 23.4. The number of carbonyl (C=O) groups is 2. The van der Waals surface area contributed by atoms with Crippen molar-refractivity contribution in [2.24, 2.45) is 0 Å². The molecule has 0 aliphatic carbocycles. The second-order valence-electron chi connectivity index (χ2n) is 9.60. The van der Waals surface area contributed by atoms with E-state index in [1.54, 1.807) is 42.7 Å². The lowest BCUT2D eigenvalue weighted by Gasteiger charge is -2.19. The Morgan fingerprint density at radius 3 is 2.34 bits per heavy atom. The van der Waals surface area contributed by atoms with Crippen molar-refractivity contribution < 1.29 is 23.5 Å². The molecule has 1 amide bonds. The SMILES string of the molecule is CSCC[C@H](NC(=O)c1cc(NCC(c2ccc(F)cc2)c2ncc[nH]2)ccc1CCc1ccc(F)cc1)C(=O)O. The molecule has 0 spiro atoms. The summed E-state index contributed by atoms with van der Waals surface area (Å²) in [5, 5.41) is 15.7. The lowest BCUT2D eigenvalue weighted by molar-refractivity contribution is -0.139. The molecule has 4 aromatic rings. The van der Waals surface area contributed by atoms with E-state index in [1.165, 1.54) is 36.0 Å². The minimum atomic E-state index is -1.09. The van der Waals surface area contributed by atoms with Crippen molar-refractivity contribution in [3.63, 3.8) is 0 Å². The zero-order valence-electron chi connectivity index (χ0n) is 22.6. The average Bonchev–Trinajstić information content (AvgIpc) is 3.51. The fourth-order valence-corrected chi connectivity index (χ4v) is 5.00. The molecular weight excluding hydrogens is 546 g/mol. The van der Waals surface area contributed by atoms with Crippen LogP contribution >= 0.6 is 11.8 Å². The highest BCUT2D eigenvalue weighted by molar-refractivity contribution is 7.98. The Morgan fingerprint density at radius 1 is 1.00 bits per heavy atom. The van der Waals surface area contributed by atoms with Gasteiger partial charge in [0.15, 0.2) is 0 Å². The van der Waals surface area contributed by atoms with Gasteiger partial charge in [0, 0.05) is 30.2 Å². The van der Waals surface area contributed by atoms with E-state index in [4.69, 9.17) is 0 Å². The van der Waals surface area contributed by atoms with Gasteiger partial charge in [-0.15, -0.1) is 0 Å². The van der Waals surface area contributed by atoms with Gasteiger partial charge in [-0.25, -0.2) is 18.6 Å². The number of benzene rings is 3. The number of hydrogen-bond acceptors (Lipinski definition) is 5. The molecule has 4 rings (SSSR count). The van der Waals surface area contributed by atoms with Gasteiger partial charge in [-0.3, -0.25) is 4.79 Å². The standard InChI is InChI=1S/C31H32F2N4O3S/c1-41-17-14-28(31(39)40)37-30(38)26-18-25(13-8-21(26)5-2-20-3-9-23(32)10-4-20)36-19-27(29-34-15-16-35-29)22-6-11-24(33)12-7-22/h3-4,6-13,15-16,18,27-28,36H,2,5,14,17,19H2,1H3,(H,34,35)(H,37,38)(H,39,40)/t27?,28-/m0/s1. The third kappa shape index (κ3) is 8.40.